The molecule has 0 aromatic heterocycles. The van der Waals surface area contributed by atoms with Crippen molar-refractivity contribution in [3.05, 3.63) is 0 Å². The molecule has 1 aliphatic heterocycles. The number of nitrogens with one attached hydrogen (secondary N) is 1. The molecule has 1 saturated heterocycles. The van der Waals surface area contributed by atoms with Gasteiger partial charge in [0.1, 0.15) is 0 Å². The number of rotatable bonds is 5. The van der Waals surface area contributed by atoms with Crippen LogP contribution in [0.4, 0.5) is 0 Å². The summed E-state index contributed by atoms with van der Waals surface area (Å²) in [6.07, 6.45) is 2.73. The van der Waals surface area contributed by atoms with E-state index in [4.69, 9.17) is 10.5 Å². The van der Waals surface area contributed by atoms with E-state index in [-0.39, 0.29) is 17.9 Å². The Hall–Kier alpha value is -0.610. The normalized spacial score (nSPS) is 21.4. The van der Waals surface area contributed by atoms with E-state index in [0.29, 0.717) is 25.7 Å². The van der Waals surface area contributed by atoms with Crippen molar-refractivity contribution in [3.8, 4) is 0 Å². The molecule has 0 saturated carbocycles. The molecule has 94 valence electrons. The van der Waals surface area contributed by atoms with Crippen LogP contribution in [0.2, 0.25) is 0 Å². The van der Waals surface area contributed by atoms with Gasteiger partial charge in [-0.2, -0.15) is 0 Å². The van der Waals surface area contributed by atoms with Crippen molar-refractivity contribution in [3.63, 3.8) is 0 Å². The van der Waals surface area contributed by atoms with E-state index in [2.05, 4.69) is 19.2 Å². The zero-order valence-corrected chi connectivity index (χ0v) is 10.4. The summed E-state index contributed by atoms with van der Waals surface area (Å²) in [5, 5.41) is 2.95. The molecular weight excluding hydrogens is 204 g/mol. The molecule has 0 aromatic rings. The maximum absolute atomic E-state index is 11.8. The summed E-state index contributed by atoms with van der Waals surface area (Å²) >= 11 is 0. The molecule has 1 fully saturated rings. The number of hydrogen-bond acceptors (Lipinski definition) is 3. The van der Waals surface area contributed by atoms with Crippen LogP contribution < -0.4 is 11.1 Å². The predicted molar refractivity (Wildman–Crippen MR) is 64.0 cm³/mol. The van der Waals surface area contributed by atoms with Crippen molar-refractivity contribution >= 4 is 5.91 Å². The van der Waals surface area contributed by atoms with Crippen molar-refractivity contribution in [1.82, 2.24) is 5.32 Å². The number of ether oxygens (including phenoxy) is 1. The Morgan fingerprint density at radius 2 is 2.12 bits per heavy atom. The second-order valence-corrected chi connectivity index (χ2v) is 4.68. The second kappa shape index (κ2) is 6.86. The van der Waals surface area contributed by atoms with E-state index >= 15 is 0 Å². The Bertz CT molecular complexity index is 215. The molecule has 4 heteroatoms. The van der Waals surface area contributed by atoms with Crippen LogP contribution in [0.5, 0.6) is 0 Å². The van der Waals surface area contributed by atoms with Crippen LogP contribution in [-0.2, 0) is 9.53 Å². The van der Waals surface area contributed by atoms with Crippen LogP contribution in [0.1, 0.15) is 33.1 Å². The molecule has 1 aliphatic rings. The van der Waals surface area contributed by atoms with E-state index in [1.54, 1.807) is 0 Å². The summed E-state index contributed by atoms with van der Waals surface area (Å²) in [7, 11) is 0. The Balaban J connectivity index is 2.23. The van der Waals surface area contributed by atoms with Gasteiger partial charge in [-0.15, -0.1) is 0 Å². The standard InChI is InChI=1S/C12H24N2O2/c1-3-9(2)11(13)8-14-12(15)10-4-6-16-7-5-10/h9-11H,3-8,13H2,1-2H3,(H,14,15)/t9?,11-/m1/s1. The van der Waals surface area contributed by atoms with Gasteiger partial charge in [-0.05, 0) is 18.8 Å². The molecule has 0 bridgehead atoms. The van der Waals surface area contributed by atoms with Crippen molar-refractivity contribution in [2.75, 3.05) is 19.8 Å². The molecular formula is C12H24N2O2. The monoisotopic (exact) mass is 228 g/mol. The predicted octanol–water partition coefficient (Wildman–Crippen LogP) is 0.903. The van der Waals surface area contributed by atoms with E-state index < -0.39 is 0 Å². The molecule has 2 atom stereocenters. The summed E-state index contributed by atoms with van der Waals surface area (Å²) in [5.74, 6) is 0.718. The lowest BCUT2D eigenvalue weighted by Gasteiger charge is -2.23. The van der Waals surface area contributed by atoms with Gasteiger partial charge in [-0.1, -0.05) is 20.3 Å². The first kappa shape index (κ1) is 13.5. The third kappa shape index (κ3) is 4.10. The Morgan fingerprint density at radius 3 is 2.69 bits per heavy atom. The first-order chi connectivity index (χ1) is 7.65. The van der Waals surface area contributed by atoms with E-state index in [9.17, 15) is 4.79 Å². The molecule has 0 aliphatic carbocycles. The van der Waals surface area contributed by atoms with Crippen LogP contribution in [0.3, 0.4) is 0 Å². The van der Waals surface area contributed by atoms with E-state index in [1.807, 2.05) is 0 Å². The molecule has 1 heterocycles. The van der Waals surface area contributed by atoms with Crippen molar-refractivity contribution in [2.24, 2.45) is 17.6 Å². The van der Waals surface area contributed by atoms with Gasteiger partial charge in [0.25, 0.3) is 0 Å². The van der Waals surface area contributed by atoms with Gasteiger partial charge in [-0.3, -0.25) is 4.79 Å². The fraction of sp³-hybridized carbons (Fsp3) is 0.917. The number of carbonyl (C=O) groups excluding carboxylic acids is 1. The number of nitrogens with two attached hydrogens (primary N) is 1. The molecule has 0 spiro atoms. The fourth-order valence-electron chi connectivity index (χ4n) is 1.83. The van der Waals surface area contributed by atoms with E-state index in [0.717, 1.165) is 19.3 Å². The zero-order chi connectivity index (χ0) is 12.0. The largest absolute Gasteiger partial charge is 0.381 e. The van der Waals surface area contributed by atoms with Gasteiger partial charge in [0.05, 0.1) is 0 Å². The minimum absolute atomic E-state index is 0.0637. The first-order valence-electron chi connectivity index (χ1n) is 6.26. The van der Waals surface area contributed by atoms with Crippen LogP contribution in [0.15, 0.2) is 0 Å². The lowest BCUT2D eigenvalue weighted by Crippen LogP contribution is -2.43. The smallest absolute Gasteiger partial charge is 0.223 e. The molecule has 0 radical (unpaired) electrons. The van der Waals surface area contributed by atoms with Crippen LogP contribution in [0, 0.1) is 11.8 Å². The summed E-state index contributed by atoms with van der Waals surface area (Å²) in [6, 6.07) is 0.0637. The Kier molecular flexibility index (Phi) is 5.77. The highest BCUT2D eigenvalue weighted by Crippen LogP contribution is 2.14. The van der Waals surface area contributed by atoms with E-state index in [1.165, 1.54) is 0 Å². The third-order valence-corrected chi connectivity index (χ3v) is 3.48. The number of carbonyl (C=O) groups is 1. The minimum atomic E-state index is 0.0637. The highest BCUT2D eigenvalue weighted by molar-refractivity contribution is 5.78. The lowest BCUT2D eigenvalue weighted by atomic mass is 9.97. The quantitative estimate of drug-likeness (QED) is 0.735. The van der Waals surface area contributed by atoms with Gasteiger partial charge in [0, 0.05) is 31.7 Å². The van der Waals surface area contributed by atoms with Crippen LogP contribution in [0.25, 0.3) is 0 Å². The topological polar surface area (TPSA) is 64.3 Å². The van der Waals surface area contributed by atoms with Gasteiger partial charge in [0.15, 0.2) is 0 Å². The average molecular weight is 228 g/mol. The third-order valence-electron chi connectivity index (χ3n) is 3.48. The lowest BCUT2D eigenvalue weighted by molar-refractivity contribution is -0.127. The molecule has 1 unspecified atom stereocenters. The second-order valence-electron chi connectivity index (χ2n) is 4.68. The number of hydrogen-bond donors (Lipinski definition) is 2. The van der Waals surface area contributed by atoms with Crippen LogP contribution in [-0.4, -0.2) is 31.7 Å². The molecule has 4 nitrogen and oxygen atoms in total. The zero-order valence-electron chi connectivity index (χ0n) is 10.4. The molecule has 1 amide bonds. The first-order valence-corrected chi connectivity index (χ1v) is 6.26. The van der Waals surface area contributed by atoms with Gasteiger partial charge in [-0.25, -0.2) is 0 Å². The molecule has 0 aromatic carbocycles. The molecule has 1 rings (SSSR count). The SMILES string of the molecule is CCC(C)[C@H](N)CNC(=O)C1CCOCC1. The molecule has 3 N–H and O–H groups in total. The minimum Gasteiger partial charge on any atom is -0.381 e. The fourth-order valence-corrected chi connectivity index (χ4v) is 1.83. The maximum Gasteiger partial charge on any atom is 0.223 e. The van der Waals surface area contributed by atoms with Crippen molar-refractivity contribution < 1.29 is 9.53 Å². The summed E-state index contributed by atoms with van der Waals surface area (Å²) in [5.41, 5.74) is 5.97. The maximum atomic E-state index is 11.8. The Labute approximate surface area is 97.9 Å². The highest BCUT2D eigenvalue weighted by Gasteiger charge is 2.22. The molecule has 16 heavy (non-hydrogen) atoms. The van der Waals surface area contributed by atoms with Gasteiger partial charge in [0.2, 0.25) is 5.91 Å². The number of amides is 1. The summed E-state index contributed by atoms with van der Waals surface area (Å²) in [4.78, 5) is 11.8. The van der Waals surface area contributed by atoms with Crippen molar-refractivity contribution in [1.29, 1.82) is 0 Å². The van der Waals surface area contributed by atoms with Gasteiger partial charge < -0.3 is 15.8 Å². The highest BCUT2D eigenvalue weighted by atomic mass is 16.5. The van der Waals surface area contributed by atoms with Crippen molar-refractivity contribution in [2.45, 2.75) is 39.2 Å². The average Bonchev–Trinajstić information content (AvgIpc) is 2.35. The summed E-state index contributed by atoms with van der Waals surface area (Å²) in [6.45, 7) is 6.23. The Morgan fingerprint density at radius 1 is 1.50 bits per heavy atom. The summed E-state index contributed by atoms with van der Waals surface area (Å²) < 4.78 is 5.23. The van der Waals surface area contributed by atoms with Gasteiger partial charge >= 0.3 is 0 Å². The van der Waals surface area contributed by atoms with Crippen LogP contribution >= 0.6 is 0 Å².